The van der Waals surface area contributed by atoms with Gasteiger partial charge in [0.1, 0.15) is 5.75 Å². The van der Waals surface area contributed by atoms with E-state index in [0.717, 1.165) is 17.9 Å². The Morgan fingerprint density at radius 1 is 1.29 bits per heavy atom. The molecule has 0 saturated heterocycles. The van der Waals surface area contributed by atoms with Crippen LogP contribution in [0.5, 0.6) is 5.75 Å². The molecule has 1 rings (SSSR count). The number of amides is 1. The van der Waals surface area contributed by atoms with Crippen molar-refractivity contribution in [2.24, 2.45) is 5.92 Å². The summed E-state index contributed by atoms with van der Waals surface area (Å²) in [4.78, 5) is 11.7. The molecule has 1 aromatic rings. The minimum atomic E-state index is -0.0373. The zero-order valence-corrected chi connectivity index (χ0v) is 13.1. The van der Waals surface area contributed by atoms with Gasteiger partial charge in [0.25, 0.3) is 0 Å². The van der Waals surface area contributed by atoms with Gasteiger partial charge in [-0.05, 0) is 24.5 Å². The fraction of sp³-hybridized carbons (Fsp3) is 0.562. The quantitative estimate of drug-likeness (QED) is 0.650. The van der Waals surface area contributed by atoms with E-state index < -0.39 is 0 Å². The maximum atomic E-state index is 11.7. The van der Waals surface area contributed by atoms with Crippen molar-refractivity contribution in [1.29, 1.82) is 0 Å². The van der Waals surface area contributed by atoms with E-state index in [0.29, 0.717) is 25.7 Å². The Morgan fingerprint density at radius 2 is 2.05 bits per heavy atom. The van der Waals surface area contributed by atoms with Gasteiger partial charge in [-0.15, -0.1) is 0 Å². The van der Waals surface area contributed by atoms with Gasteiger partial charge in [0, 0.05) is 20.3 Å². The fourth-order valence-electron chi connectivity index (χ4n) is 1.68. The Hall–Kier alpha value is -1.75. The number of rotatable bonds is 10. The van der Waals surface area contributed by atoms with Crippen LogP contribution in [0, 0.1) is 5.92 Å². The van der Waals surface area contributed by atoms with Crippen LogP contribution in [-0.2, 0) is 9.53 Å². The number of hydrogen-bond acceptors (Lipinski definition) is 4. The molecular formula is C16H26N2O3. The van der Waals surface area contributed by atoms with Gasteiger partial charge in [-0.2, -0.15) is 0 Å². The largest absolute Gasteiger partial charge is 0.491 e. The lowest BCUT2D eigenvalue weighted by atomic mass is 10.2. The van der Waals surface area contributed by atoms with Gasteiger partial charge in [0.05, 0.1) is 18.8 Å². The maximum absolute atomic E-state index is 11.7. The van der Waals surface area contributed by atoms with Crippen LogP contribution in [0.2, 0.25) is 0 Å². The standard InChI is InChI=1S/C16H26N2O3/c1-13(2)12-21-15-8-5-4-7-14(15)18-11-16(19)17-9-6-10-20-3/h4-5,7-8,13,18H,6,9-12H2,1-3H3,(H,17,19). The van der Waals surface area contributed by atoms with E-state index in [9.17, 15) is 4.79 Å². The van der Waals surface area contributed by atoms with Crippen LogP contribution in [0.15, 0.2) is 24.3 Å². The molecule has 0 aliphatic heterocycles. The minimum Gasteiger partial charge on any atom is -0.491 e. The number of nitrogens with one attached hydrogen (secondary N) is 2. The molecule has 1 amide bonds. The average Bonchev–Trinajstić information content (AvgIpc) is 2.48. The lowest BCUT2D eigenvalue weighted by Crippen LogP contribution is -2.31. The van der Waals surface area contributed by atoms with E-state index in [-0.39, 0.29) is 12.5 Å². The molecule has 0 spiro atoms. The lowest BCUT2D eigenvalue weighted by Gasteiger charge is -2.14. The van der Waals surface area contributed by atoms with E-state index in [2.05, 4.69) is 24.5 Å². The summed E-state index contributed by atoms with van der Waals surface area (Å²) in [7, 11) is 1.65. The van der Waals surface area contributed by atoms with Crippen molar-refractivity contribution in [2.45, 2.75) is 20.3 Å². The third-order valence-electron chi connectivity index (χ3n) is 2.75. The number of methoxy groups -OCH3 is 1. The highest BCUT2D eigenvalue weighted by molar-refractivity contribution is 5.81. The van der Waals surface area contributed by atoms with E-state index >= 15 is 0 Å². The molecule has 5 nitrogen and oxygen atoms in total. The van der Waals surface area contributed by atoms with E-state index in [1.54, 1.807) is 7.11 Å². The highest BCUT2D eigenvalue weighted by Gasteiger charge is 2.06. The fourth-order valence-corrected chi connectivity index (χ4v) is 1.68. The van der Waals surface area contributed by atoms with Crippen LogP contribution >= 0.6 is 0 Å². The summed E-state index contributed by atoms with van der Waals surface area (Å²) in [6.45, 7) is 6.36. The van der Waals surface area contributed by atoms with Crippen molar-refractivity contribution in [3.63, 3.8) is 0 Å². The molecule has 0 fully saturated rings. The average molecular weight is 294 g/mol. The number of anilines is 1. The first kappa shape index (κ1) is 17.3. The molecule has 0 atom stereocenters. The van der Waals surface area contributed by atoms with E-state index in [1.165, 1.54) is 0 Å². The Bertz CT molecular complexity index is 422. The Balaban J connectivity index is 2.38. The van der Waals surface area contributed by atoms with Crippen LogP contribution in [-0.4, -0.2) is 39.3 Å². The molecule has 21 heavy (non-hydrogen) atoms. The summed E-state index contributed by atoms with van der Waals surface area (Å²) in [5, 5.41) is 5.94. The van der Waals surface area contributed by atoms with Crippen molar-refractivity contribution in [3.8, 4) is 5.75 Å². The van der Waals surface area contributed by atoms with Crippen LogP contribution in [0.25, 0.3) is 0 Å². The van der Waals surface area contributed by atoms with Gasteiger partial charge in [-0.3, -0.25) is 4.79 Å². The first-order valence-corrected chi connectivity index (χ1v) is 7.34. The van der Waals surface area contributed by atoms with Gasteiger partial charge >= 0.3 is 0 Å². The van der Waals surface area contributed by atoms with Gasteiger partial charge < -0.3 is 20.1 Å². The Labute approximate surface area is 127 Å². The first-order chi connectivity index (χ1) is 10.1. The normalized spacial score (nSPS) is 10.5. The third-order valence-corrected chi connectivity index (χ3v) is 2.75. The third kappa shape index (κ3) is 7.56. The minimum absolute atomic E-state index is 0.0373. The lowest BCUT2D eigenvalue weighted by molar-refractivity contribution is -0.119. The molecule has 0 aromatic heterocycles. The second-order valence-electron chi connectivity index (χ2n) is 5.25. The van der Waals surface area contributed by atoms with Crippen LogP contribution in [0.1, 0.15) is 20.3 Å². The predicted octanol–water partition coefficient (Wildman–Crippen LogP) is 2.29. The summed E-state index contributed by atoms with van der Waals surface area (Å²) in [5.41, 5.74) is 0.838. The van der Waals surface area contributed by atoms with Crippen molar-refractivity contribution in [2.75, 3.05) is 38.7 Å². The molecule has 0 unspecified atom stereocenters. The molecule has 2 N–H and O–H groups in total. The number of ether oxygens (including phenoxy) is 2. The van der Waals surface area contributed by atoms with Crippen LogP contribution < -0.4 is 15.4 Å². The maximum Gasteiger partial charge on any atom is 0.239 e. The molecule has 0 bridgehead atoms. The highest BCUT2D eigenvalue weighted by Crippen LogP contribution is 2.23. The summed E-state index contributed by atoms with van der Waals surface area (Å²) >= 11 is 0. The van der Waals surface area contributed by atoms with E-state index in [1.807, 2.05) is 24.3 Å². The number of carbonyl (C=O) groups is 1. The first-order valence-electron chi connectivity index (χ1n) is 7.34. The SMILES string of the molecule is COCCCNC(=O)CNc1ccccc1OCC(C)C. The number of carbonyl (C=O) groups excluding carboxylic acids is 1. The van der Waals surface area contributed by atoms with Crippen molar-refractivity contribution in [1.82, 2.24) is 5.32 Å². The smallest absolute Gasteiger partial charge is 0.239 e. The zero-order valence-electron chi connectivity index (χ0n) is 13.1. The monoisotopic (exact) mass is 294 g/mol. The Morgan fingerprint density at radius 3 is 2.76 bits per heavy atom. The summed E-state index contributed by atoms with van der Waals surface area (Å²) in [6, 6.07) is 7.65. The highest BCUT2D eigenvalue weighted by atomic mass is 16.5. The molecule has 0 radical (unpaired) electrons. The molecule has 0 saturated carbocycles. The second kappa shape index (κ2) is 10.0. The second-order valence-corrected chi connectivity index (χ2v) is 5.25. The topological polar surface area (TPSA) is 59.6 Å². The molecule has 1 aromatic carbocycles. The number of hydrogen-bond donors (Lipinski definition) is 2. The molecule has 0 aliphatic carbocycles. The van der Waals surface area contributed by atoms with E-state index in [4.69, 9.17) is 9.47 Å². The summed E-state index contributed by atoms with van der Waals surface area (Å²) in [6.07, 6.45) is 0.816. The number of para-hydroxylation sites is 2. The molecular weight excluding hydrogens is 268 g/mol. The van der Waals surface area contributed by atoms with Gasteiger partial charge in [0.2, 0.25) is 5.91 Å². The summed E-state index contributed by atoms with van der Waals surface area (Å²) < 4.78 is 10.7. The van der Waals surface area contributed by atoms with Crippen LogP contribution in [0.3, 0.4) is 0 Å². The predicted molar refractivity (Wildman–Crippen MR) is 84.8 cm³/mol. The number of benzene rings is 1. The van der Waals surface area contributed by atoms with Crippen molar-refractivity contribution < 1.29 is 14.3 Å². The molecule has 118 valence electrons. The van der Waals surface area contributed by atoms with Gasteiger partial charge in [-0.1, -0.05) is 26.0 Å². The van der Waals surface area contributed by atoms with Crippen molar-refractivity contribution in [3.05, 3.63) is 24.3 Å². The molecule has 5 heteroatoms. The van der Waals surface area contributed by atoms with Crippen LogP contribution in [0.4, 0.5) is 5.69 Å². The Kier molecular flexibility index (Phi) is 8.28. The summed E-state index contributed by atoms with van der Waals surface area (Å²) in [5.74, 6) is 1.20. The van der Waals surface area contributed by atoms with Gasteiger partial charge in [0.15, 0.2) is 0 Å². The van der Waals surface area contributed by atoms with Crippen molar-refractivity contribution >= 4 is 11.6 Å². The molecule has 0 heterocycles. The molecule has 0 aliphatic rings. The zero-order chi connectivity index (χ0) is 15.5. The van der Waals surface area contributed by atoms with Gasteiger partial charge in [-0.25, -0.2) is 0 Å².